The Labute approximate surface area is 155 Å². The first-order chi connectivity index (χ1) is 13.1. The molecule has 0 atom stereocenters. The minimum Gasteiger partial charge on any atom is -0.355 e. The van der Waals surface area contributed by atoms with E-state index in [0.717, 1.165) is 41.4 Å². The summed E-state index contributed by atoms with van der Waals surface area (Å²) < 4.78 is 0.950. The van der Waals surface area contributed by atoms with Gasteiger partial charge in [0.15, 0.2) is 0 Å². The lowest BCUT2D eigenvalue weighted by atomic mass is 9.95. The number of hydrogen-bond donors (Lipinski definition) is 3. The lowest BCUT2D eigenvalue weighted by molar-refractivity contribution is -0.122. The molecule has 1 amide bonds. The number of aromatic nitrogens is 3. The Hall–Kier alpha value is -3.09. The monoisotopic (exact) mass is 366 g/mol. The van der Waals surface area contributed by atoms with Crippen LogP contribution in [0.2, 0.25) is 0 Å². The maximum Gasteiger partial charge on any atom is 0.329 e. The van der Waals surface area contributed by atoms with E-state index in [-0.39, 0.29) is 18.5 Å². The van der Waals surface area contributed by atoms with E-state index in [9.17, 15) is 14.4 Å². The van der Waals surface area contributed by atoms with Crippen LogP contribution in [0, 0.1) is 0 Å². The minimum atomic E-state index is -0.580. The zero-order chi connectivity index (χ0) is 18.8. The van der Waals surface area contributed by atoms with E-state index in [1.165, 1.54) is 6.42 Å². The first kappa shape index (κ1) is 17.3. The Morgan fingerprint density at radius 3 is 2.56 bits per heavy atom. The molecule has 1 aliphatic rings. The molecule has 1 fully saturated rings. The van der Waals surface area contributed by atoms with Crippen LogP contribution in [0.3, 0.4) is 0 Å². The van der Waals surface area contributed by atoms with E-state index in [4.69, 9.17) is 0 Å². The average Bonchev–Trinajstić information content (AvgIpc) is 3.10. The maximum atomic E-state index is 12.8. The molecular weight excluding hydrogens is 344 g/mol. The number of carbonyl (C=O) groups excluding carboxylic acids is 1. The number of nitrogens with zero attached hydrogens (tertiary/aromatic N) is 1. The maximum absolute atomic E-state index is 12.8. The number of nitrogens with one attached hydrogen (secondary N) is 3. The van der Waals surface area contributed by atoms with Crippen LogP contribution in [0.25, 0.3) is 22.2 Å². The highest BCUT2D eigenvalue weighted by Crippen LogP contribution is 2.24. The number of hydrogen-bond acceptors (Lipinski definition) is 3. The highest BCUT2D eigenvalue weighted by atomic mass is 16.2. The van der Waals surface area contributed by atoms with E-state index in [2.05, 4.69) is 15.3 Å². The fraction of sp³-hybridized carbons (Fsp3) is 0.350. The van der Waals surface area contributed by atoms with Crippen molar-refractivity contribution in [2.24, 2.45) is 0 Å². The molecule has 4 rings (SSSR count). The molecule has 0 aliphatic heterocycles. The predicted molar refractivity (Wildman–Crippen MR) is 104 cm³/mol. The quantitative estimate of drug-likeness (QED) is 0.659. The molecule has 3 aromatic rings. The van der Waals surface area contributed by atoms with Gasteiger partial charge in [-0.2, -0.15) is 0 Å². The van der Waals surface area contributed by atoms with E-state index in [1.54, 1.807) is 6.20 Å². The van der Waals surface area contributed by atoms with Crippen molar-refractivity contribution in [2.75, 3.05) is 0 Å². The second kappa shape index (κ2) is 7.26. The molecule has 7 nitrogen and oxygen atoms in total. The second-order valence-electron chi connectivity index (χ2n) is 7.04. The lowest BCUT2D eigenvalue weighted by Gasteiger charge is -2.22. The van der Waals surface area contributed by atoms with Gasteiger partial charge in [0.2, 0.25) is 5.91 Å². The summed E-state index contributed by atoms with van der Waals surface area (Å²) in [5.74, 6) is -0.302. The number of H-pyrrole nitrogens is 2. The fourth-order valence-corrected chi connectivity index (χ4v) is 3.78. The Morgan fingerprint density at radius 2 is 1.81 bits per heavy atom. The number of fused-ring (bicyclic) bond motifs is 1. The highest BCUT2D eigenvalue weighted by Gasteiger charge is 2.19. The minimum absolute atomic E-state index is 0.139. The Morgan fingerprint density at radius 1 is 1.07 bits per heavy atom. The first-order valence-electron chi connectivity index (χ1n) is 9.32. The third-order valence-electron chi connectivity index (χ3n) is 5.17. The second-order valence-corrected chi connectivity index (χ2v) is 7.04. The van der Waals surface area contributed by atoms with Gasteiger partial charge in [-0.3, -0.25) is 9.59 Å². The number of rotatable bonds is 4. The third-order valence-corrected chi connectivity index (χ3v) is 5.17. The van der Waals surface area contributed by atoms with Gasteiger partial charge in [0.25, 0.3) is 5.56 Å². The van der Waals surface area contributed by atoms with Crippen molar-refractivity contribution in [3.8, 4) is 11.1 Å². The number of aromatic amines is 2. The van der Waals surface area contributed by atoms with E-state index in [1.807, 2.05) is 30.3 Å². The Balaban J connectivity index is 1.64. The summed E-state index contributed by atoms with van der Waals surface area (Å²) in [6.07, 6.45) is 6.99. The number of amides is 1. The summed E-state index contributed by atoms with van der Waals surface area (Å²) in [7, 11) is 0. The van der Waals surface area contributed by atoms with Gasteiger partial charge in [-0.25, -0.2) is 9.36 Å². The fourth-order valence-electron chi connectivity index (χ4n) is 3.78. The molecule has 0 spiro atoms. The smallest absolute Gasteiger partial charge is 0.329 e. The number of benzene rings is 1. The third kappa shape index (κ3) is 3.45. The van der Waals surface area contributed by atoms with Crippen LogP contribution in [-0.2, 0) is 11.3 Å². The summed E-state index contributed by atoms with van der Waals surface area (Å²) in [6, 6.07) is 9.64. The van der Waals surface area contributed by atoms with Gasteiger partial charge >= 0.3 is 5.69 Å². The van der Waals surface area contributed by atoms with Crippen LogP contribution < -0.4 is 16.6 Å². The van der Waals surface area contributed by atoms with Gasteiger partial charge in [0, 0.05) is 17.8 Å². The van der Waals surface area contributed by atoms with Gasteiger partial charge < -0.3 is 15.3 Å². The molecule has 1 aromatic carbocycles. The molecular formula is C20H22N4O3. The summed E-state index contributed by atoms with van der Waals surface area (Å²) in [5, 5.41) is 2.94. The summed E-state index contributed by atoms with van der Waals surface area (Å²) >= 11 is 0. The molecule has 0 unspecified atom stereocenters. The van der Waals surface area contributed by atoms with Crippen molar-refractivity contribution in [3.05, 3.63) is 57.4 Å². The zero-order valence-corrected chi connectivity index (χ0v) is 15.0. The predicted octanol–water partition coefficient (Wildman–Crippen LogP) is 2.13. The molecule has 1 saturated carbocycles. The van der Waals surface area contributed by atoms with Crippen LogP contribution >= 0.6 is 0 Å². The van der Waals surface area contributed by atoms with Crippen LogP contribution in [-0.4, -0.2) is 26.5 Å². The molecule has 140 valence electrons. The molecule has 0 radical (unpaired) electrons. The van der Waals surface area contributed by atoms with Crippen molar-refractivity contribution in [3.63, 3.8) is 0 Å². The largest absolute Gasteiger partial charge is 0.355 e. The van der Waals surface area contributed by atoms with Gasteiger partial charge in [0.05, 0.1) is 5.52 Å². The molecule has 3 N–H and O–H groups in total. The zero-order valence-electron chi connectivity index (χ0n) is 15.0. The standard InChI is InChI=1S/C20H22N4O3/c25-16(22-14-9-5-2-6-10-14)12-24-19(26)18-17(23-20(24)27)15(11-21-18)13-7-3-1-4-8-13/h1,3-4,7-8,11,14,21H,2,5-6,9-10,12H2,(H,22,25)(H,23,27). The van der Waals surface area contributed by atoms with Crippen molar-refractivity contribution in [2.45, 2.75) is 44.7 Å². The molecule has 2 aromatic heterocycles. The first-order valence-corrected chi connectivity index (χ1v) is 9.32. The van der Waals surface area contributed by atoms with Gasteiger partial charge in [-0.05, 0) is 18.4 Å². The lowest BCUT2D eigenvalue weighted by Crippen LogP contribution is -2.43. The summed E-state index contributed by atoms with van der Waals surface area (Å²) in [4.78, 5) is 43.2. The molecule has 7 heteroatoms. The molecule has 1 aliphatic carbocycles. The van der Waals surface area contributed by atoms with Gasteiger partial charge in [-0.15, -0.1) is 0 Å². The van der Waals surface area contributed by atoms with Crippen molar-refractivity contribution in [1.82, 2.24) is 19.9 Å². The van der Waals surface area contributed by atoms with E-state index in [0.29, 0.717) is 11.0 Å². The van der Waals surface area contributed by atoms with Crippen molar-refractivity contribution in [1.29, 1.82) is 0 Å². The van der Waals surface area contributed by atoms with Crippen molar-refractivity contribution >= 4 is 16.9 Å². The van der Waals surface area contributed by atoms with Crippen LogP contribution in [0.5, 0.6) is 0 Å². The van der Waals surface area contributed by atoms with Gasteiger partial charge in [0.1, 0.15) is 12.1 Å². The van der Waals surface area contributed by atoms with Gasteiger partial charge in [-0.1, -0.05) is 49.6 Å². The van der Waals surface area contributed by atoms with E-state index < -0.39 is 11.2 Å². The molecule has 0 saturated heterocycles. The topological polar surface area (TPSA) is 99.8 Å². The Bertz CT molecular complexity index is 1070. The summed E-state index contributed by atoms with van der Waals surface area (Å²) in [6.45, 7) is -0.277. The van der Waals surface area contributed by atoms with E-state index >= 15 is 0 Å². The summed E-state index contributed by atoms with van der Waals surface area (Å²) in [5.41, 5.74) is 1.32. The average molecular weight is 366 g/mol. The molecule has 27 heavy (non-hydrogen) atoms. The normalized spacial score (nSPS) is 15.1. The molecule has 0 bridgehead atoms. The van der Waals surface area contributed by atoms with Crippen LogP contribution in [0.15, 0.2) is 46.1 Å². The van der Waals surface area contributed by atoms with Crippen LogP contribution in [0.1, 0.15) is 32.1 Å². The SMILES string of the molecule is O=C(Cn1c(=O)[nH]c2c(-c3ccccc3)c[nH]c2c1=O)NC1CCCCC1. The number of carbonyl (C=O) groups is 1. The highest BCUT2D eigenvalue weighted by molar-refractivity contribution is 5.91. The Kier molecular flexibility index (Phi) is 4.66. The molecule has 2 heterocycles. The van der Waals surface area contributed by atoms with Crippen LogP contribution in [0.4, 0.5) is 0 Å². The van der Waals surface area contributed by atoms with Crippen molar-refractivity contribution < 1.29 is 4.79 Å².